The molecule has 0 fully saturated rings. The van der Waals surface area contributed by atoms with Gasteiger partial charge in [0.15, 0.2) is 0 Å². The van der Waals surface area contributed by atoms with Gasteiger partial charge in [0.05, 0.1) is 0 Å². The Bertz CT molecular complexity index is 927. The van der Waals surface area contributed by atoms with Crippen LogP contribution in [0.1, 0.15) is 16.7 Å². The Balaban J connectivity index is 1.71. The van der Waals surface area contributed by atoms with Gasteiger partial charge < -0.3 is 4.42 Å². The normalized spacial score (nSPS) is 11.0. The number of hydrogen-bond acceptors (Lipinski definition) is 4. The molecule has 0 atom stereocenters. The van der Waals surface area contributed by atoms with Crippen molar-refractivity contribution in [3.05, 3.63) is 70.3 Å². The van der Waals surface area contributed by atoms with Gasteiger partial charge in [-0.25, -0.2) is 0 Å². The molecule has 5 nitrogen and oxygen atoms in total. The van der Waals surface area contributed by atoms with Crippen LogP contribution in [0.3, 0.4) is 0 Å². The zero-order valence-electron chi connectivity index (χ0n) is 13.8. The first-order chi connectivity index (χ1) is 12.0. The van der Waals surface area contributed by atoms with Gasteiger partial charge in [-0.2, -0.15) is 0 Å². The molecule has 0 aliphatic rings. The van der Waals surface area contributed by atoms with E-state index in [1.165, 1.54) is 6.08 Å². The van der Waals surface area contributed by atoms with Crippen LogP contribution in [0, 0.1) is 13.8 Å². The molecule has 126 valence electrons. The first kappa shape index (κ1) is 16.9. The number of carbonyl (C=O) groups is 1. The van der Waals surface area contributed by atoms with Crippen molar-refractivity contribution < 1.29 is 9.21 Å². The summed E-state index contributed by atoms with van der Waals surface area (Å²) in [6.45, 7) is 3.99. The Kier molecular flexibility index (Phi) is 4.95. The minimum Gasteiger partial charge on any atom is -0.403 e. The average molecular weight is 354 g/mol. The second-order valence-electron chi connectivity index (χ2n) is 5.63. The van der Waals surface area contributed by atoms with E-state index in [1.807, 2.05) is 44.2 Å². The van der Waals surface area contributed by atoms with Crippen molar-refractivity contribution >= 4 is 29.6 Å². The topological polar surface area (TPSA) is 68.0 Å². The van der Waals surface area contributed by atoms with E-state index in [1.54, 1.807) is 12.1 Å². The van der Waals surface area contributed by atoms with Crippen molar-refractivity contribution in [3.63, 3.8) is 0 Å². The quantitative estimate of drug-likeness (QED) is 0.693. The average Bonchev–Trinajstić information content (AvgIpc) is 3.02. The molecule has 6 heteroatoms. The van der Waals surface area contributed by atoms with E-state index in [4.69, 9.17) is 16.0 Å². The maximum Gasteiger partial charge on any atom is 0.322 e. The Morgan fingerprint density at radius 1 is 1.12 bits per heavy atom. The number of nitrogens with zero attached hydrogens (tertiary/aromatic N) is 2. The smallest absolute Gasteiger partial charge is 0.322 e. The van der Waals surface area contributed by atoms with Crippen LogP contribution < -0.4 is 5.32 Å². The molecule has 0 spiro atoms. The Hall–Kier alpha value is -2.92. The molecule has 2 aromatic carbocycles. The molecule has 0 aliphatic carbocycles. The summed E-state index contributed by atoms with van der Waals surface area (Å²) in [4.78, 5) is 12.0. The zero-order chi connectivity index (χ0) is 17.8. The highest BCUT2D eigenvalue weighted by Gasteiger charge is 2.11. The predicted molar refractivity (Wildman–Crippen MR) is 98.3 cm³/mol. The van der Waals surface area contributed by atoms with Gasteiger partial charge in [-0.3, -0.25) is 10.1 Å². The lowest BCUT2D eigenvalue weighted by Gasteiger charge is -2.00. The van der Waals surface area contributed by atoms with Crippen molar-refractivity contribution in [1.29, 1.82) is 0 Å². The van der Waals surface area contributed by atoms with Gasteiger partial charge in [-0.15, -0.1) is 5.10 Å². The first-order valence-electron chi connectivity index (χ1n) is 7.67. The molecule has 0 aliphatic heterocycles. The second kappa shape index (κ2) is 7.32. The molecular formula is C19H16ClN3O2. The van der Waals surface area contributed by atoms with Gasteiger partial charge in [0.1, 0.15) is 0 Å². The molecule has 0 unspecified atom stereocenters. The summed E-state index contributed by atoms with van der Waals surface area (Å²) in [5, 5.41) is 10.9. The van der Waals surface area contributed by atoms with Gasteiger partial charge in [0.25, 0.3) is 5.91 Å². The molecule has 3 aromatic rings. The van der Waals surface area contributed by atoms with Crippen molar-refractivity contribution in [2.45, 2.75) is 13.8 Å². The van der Waals surface area contributed by atoms with Crippen LogP contribution in [-0.4, -0.2) is 16.1 Å². The van der Waals surface area contributed by atoms with E-state index >= 15 is 0 Å². The molecule has 1 heterocycles. The summed E-state index contributed by atoms with van der Waals surface area (Å²) in [5.41, 5.74) is 3.76. The lowest BCUT2D eigenvalue weighted by molar-refractivity contribution is -0.112. The number of hydrogen-bond donors (Lipinski definition) is 1. The number of nitrogens with one attached hydrogen (secondary N) is 1. The number of amides is 1. The maximum absolute atomic E-state index is 12.0. The molecule has 0 radical (unpaired) electrons. The van der Waals surface area contributed by atoms with Crippen LogP contribution in [0.4, 0.5) is 6.01 Å². The third kappa shape index (κ3) is 4.33. The van der Waals surface area contributed by atoms with E-state index in [2.05, 4.69) is 21.6 Å². The summed E-state index contributed by atoms with van der Waals surface area (Å²) in [6.07, 6.45) is 2.99. The number of aryl methyl sites for hydroxylation is 2. The number of carbonyl (C=O) groups excluding carboxylic acids is 1. The molecule has 1 N–H and O–H groups in total. The summed E-state index contributed by atoms with van der Waals surface area (Å²) < 4.78 is 5.51. The number of aromatic nitrogens is 2. The predicted octanol–water partition coefficient (Wildman–Crippen LogP) is 4.66. The lowest BCUT2D eigenvalue weighted by atomic mass is 10.1. The molecule has 0 saturated carbocycles. The number of benzene rings is 2. The van der Waals surface area contributed by atoms with Crippen molar-refractivity contribution in [3.8, 4) is 11.5 Å². The third-order valence-electron chi connectivity index (χ3n) is 3.44. The summed E-state index contributed by atoms with van der Waals surface area (Å²) in [6, 6.07) is 13.2. The van der Waals surface area contributed by atoms with E-state index in [9.17, 15) is 4.79 Å². The van der Waals surface area contributed by atoms with Gasteiger partial charge in [-0.1, -0.05) is 52.1 Å². The summed E-state index contributed by atoms with van der Waals surface area (Å²) in [7, 11) is 0. The molecule has 3 rings (SSSR count). The van der Waals surface area contributed by atoms with Gasteiger partial charge in [0.2, 0.25) is 5.89 Å². The highest BCUT2D eigenvalue weighted by Crippen LogP contribution is 2.22. The second-order valence-corrected chi connectivity index (χ2v) is 6.04. The highest BCUT2D eigenvalue weighted by molar-refractivity contribution is 6.32. The fourth-order valence-corrected chi connectivity index (χ4v) is 2.61. The number of anilines is 1. The van der Waals surface area contributed by atoms with Crippen LogP contribution >= 0.6 is 11.6 Å². The van der Waals surface area contributed by atoms with Crippen LogP contribution in [0.15, 0.2) is 53.0 Å². The van der Waals surface area contributed by atoms with Gasteiger partial charge >= 0.3 is 6.01 Å². The first-order valence-corrected chi connectivity index (χ1v) is 8.05. The van der Waals surface area contributed by atoms with E-state index < -0.39 is 0 Å². The zero-order valence-corrected chi connectivity index (χ0v) is 14.5. The maximum atomic E-state index is 12.0. The summed E-state index contributed by atoms with van der Waals surface area (Å²) in [5.74, 6) is -0.0206. The minimum absolute atomic E-state index is 0.0444. The molecule has 0 saturated heterocycles. The monoisotopic (exact) mass is 353 g/mol. The molecule has 1 amide bonds. The van der Waals surface area contributed by atoms with E-state index in [0.717, 1.165) is 22.3 Å². The number of rotatable bonds is 4. The van der Waals surface area contributed by atoms with Crippen molar-refractivity contribution in [2.75, 3.05) is 5.32 Å². The van der Waals surface area contributed by atoms with Crippen LogP contribution in [-0.2, 0) is 4.79 Å². The minimum atomic E-state index is -0.379. The Labute approximate surface area is 150 Å². The van der Waals surface area contributed by atoms with Crippen molar-refractivity contribution in [2.24, 2.45) is 0 Å². The standard InChI is InChI=1S/C19H16ClN3O2/c1-12-9-13(2)11-15(10-12)18-22-23-19(25-18)21-17(24)8-7-14-5-3-4-6-16(14)20/h3-11H,1-2H3,(H,21,23,24). The Morgan fingerprint density at radius 3 is 2.56 bits per heavy atom. The highest BCUT2D eigenvalue weighted by atomic mass is 35.5. The largest absolute Gasteiger partial charge is 0.403 e. The molecule has 25 heavy (non-hydrogen) atoms. The van der Waals surface area contributed by atoms with Crippen molar-refractivity contribution in [1.82, 2.24) is 10.2 Å². The van der Waals surface area contributed by atoms with Gasteiger partial charge in [-0.05, 0) is 43.7 Å². The van der Waals surface area contributed by atoms with E-state index in [-0.39, 0.29) is 11.9 Å². The summed E-state index contributed by atoms with van der Waals surface area (Å²) >= 11 is 6.04. The Morgan fingerprint density at radius 2 is 1.84 bits per heavy atom. The fraction of sp³-hybridized carbons (Fsp3) is 0.105. The number of halogens is 1. The van der Waals surface area contributed by atoms with Crippen LogP contribution in [0.5, 0.6) is 0 Å². The third-order valence-corrected chi connectivity index (χ3v) is 3.79. The van der Waals surface area contributed by atoms with E-state index in [0.29, 0.717) is 10.9 Å². The SMILES string of the molecule is Cc1cc(C)cc(-c2nnc(NC(=O)C=Cc3ccccc3Cl)o2)c1. The molecular weight excluding hydrogens is 338 g/mol. The van der Waals surface area contributed by atoms with Gasteiger partial charge in [0, 0.05) is 16.7 Å². The molecule has 1 aromatic heterocycles. The molecule has 0 bridgehead atoms. The van der Waals surface area contributed by atoms with Crippen LogP contribution in [0.2, 0.25) is 5.02 Å². The van der Waals surface area contributed by atoms with Crippen LogP contribution in [0.25, 0.3) is 17.5 Å². The lowest BCUT2D eigenvalue weighted by Crippen LogP contribution is -2.07. The fourth-order valence-electron chi connectivity index (χ4n) is 2.41.